The molecule has 1 atom stereocenters. The third-order valence-corrected chi connectivity index (χ3v) is 5.13. The second kappa shape index (κ2) is 6.12. The highest BCUT2D eigenvalue weighted by molar-refractivity contribution is 5.84. The first-order valence-electron chi connectivity index (χ1n) is 7.71. The van der Waals surface area contributed by atoms with Gasteiger partial charge in [-0.05, 0) is 44.4 Å². The van der Waals surface area contributed by atoms with Crippen LogP contribution < -0.4 is 5.73 Å². The van der Waals surface area contributed by atoms with E-state index in [2.05, 4.69) is 6.92 Å². The summed E-state index contributed by atoms with van der Waals surface area (Å²) in [6, 6.07) is 0. The van der Waals surface area contributed by atoms with Crippen LogP contribution in [0.2, 0.25) is 0 Å². The molecule has 2 aliphatic rings. The summed E-state index contributed by atoms with van der Waals surface area (Å²) in [6.07, 6.45) is 5.22. The molecule has 20 heavy (non-hydrogen) atoms. The van der Waals surface area contributed by atoms with E-state index in [1.165, 1.54) is 0 Å². The Hall–Kier alpha value is -1.10. The zero-order valence-electron chi connectivity index (χ0n) is 12.3. The van der Waals surface area contributed by atoms with E-state index in [1.54, 1.807) is 4.90 Å². The average Bonchev–Trinajstić information content (AvgIpc) is 2.48. The topological polar surface area (TPSA) is 83.6 Å². The van der Waals surface area contributed by atoms with E-state index in [1.807, 2.05) is 0 Å². The van der Waals surface area contributed by atoms with Crippen molar-refractivity contribution in [2.75, 3.05) is 19.6 Å². The number of aliphatic carboxylic acids is 1. The largest absolute Gasteiger partial charge is 0.481 e. The summed E-state index contributed by atoms with van der Waals surface area (Å²) >= 11 is 0. The van der Waals surface area contributed by atoms with Gasteiger partial charge in [0, 0.05) is 19.6 Å². The Morgan fingerprint density at radius 2 is 1.95 bits per heavy atom. The van der Waals surface area contributed by atoms with Crippen LogP contribution in [0.5, 0.6) is 0 Å². The Kier molecular flexibility index (Phi) is 4.68. The Balaban J connectivity index is 2.06. The van der Waals surface area contributed by atoms with E-state index in [0.29, 0.717) is 32.0 Å². The predicted octanol–water partition coefficient (Wildman–Crippen LogP) is 1.46. The second-order valence-electron chi connectivity index (χ2n) is 6.60. The van der Waals surface area contributed by atoms with Crippen LogP contribution in [0.25, 0.3) is 0 Å². The molecule has 1 saturated heterocycles. The van der Waals surface area contributed by atoms with Crippen molar-refractivity contribution in [3.05, 3.63) is 0 Å². The van der Waals surface area contributed by atoms with E-state index in [4.69, 9.17) is 10.8 Å². The lowest BCUT2D eigenvalue weighted by Gasteiger charge is -2.42. The SMILES string of the molecule is CC1CCC(CN)(C(=O)N2CCCC(C(=O)O)C2)CC1. The van der Waals surface area contributed by atoms with Gasteiger partial charge in [-0.1, -0.05) is 6.92 Å². The smallest absolute Gasteiger partial charge is 0.308 e. The summed E-state index contributed by atoms with van der Waals surface area (Å²) in [5.74, 6) is -0.444. The van der Waals surface area contributed by atoms with Crippen molar-refractivity contribution in [3.8, 4) is 0 Å². The highest BCUT2D eigenvalue weighted by Crippen LogP contribution is 2.40. The quantitative estimate of drug-likeness (QED) is 0.821. The van der Waals surface area contributed by atoms with Crippen LogP contribution in [0.1, 0.15) is 45.4 Å². The normalized spacial score (nSPS) is 34.8. The van der Waals surface area contributed by atoms with Gasteiger partial charge in [-0.2, -0.15) is 0 Å². The van der Waals surface area contributed by atoms with Gasteiger partial charge in [-0.25, -0.2) is 0 Å². The van der Waals surface area contributed by atoms with Crippen LogP contribution in [0.4, 0.5) is 0 Å². The maximum atomic E-state index is 12.8. The highest BCUT2D eigenvalue weighted by atomic mass is 16.4. The Morgan fingerprint density at radius 1 is 1.30 bits per heavy atom. The van der Waals surface area contributed by atoms with Crippen LogP contribution in [-0.2, 0) is 9.59 Å². The Morgan fingerprint density at radius 3 is 2.50 bits per heavy atom. The van der Waals surface area contributed by atoms with Crippen LogP contribution in [0.3, 0.4) is 0 Å². The fourth-order valence-electron chi connectivity index (χ4n) is 3.52. The summed E-state index contributed by atoms with van der Waals surface area (Å²) in [6.45, 7) is 3.63. The van der Waals surface area contributed by atoms with E-state index in [0.717, 1.165) is 32.1 Å². The maximum absolute atomic E-state index is 12.8. The number of rotatable bonds is 3. The van der Waals surface area contributed by atoms with Crippen LogP contribution in [-0.4, -0.2) is 41.5 Å². The van der Waals surface area contributed by atoms with Crippen molar-refractivity contribution in [2.45, 2.75) is 45.4 Å². The summed E-state index contributed by atoms with van der Waals surface area (Å²) in [5.41, 5.74) is 5.48. The molecule has 2 rings (SSSR count). The van der Waals surface area contributed by atoms with Gasteiger partial charge < -0.3 is 15.7 Å². The van der Waals surface area contributed by atoms with Gasteiger partial charge in [0.1, 0.15) is 0 Å². The molecule has 114 valence electrons. The van der Waals surface area contributed by atoms with Crippen LogP contribution in [0, 0.1) is 17.3 Å². The van der Waals surface area contributed by atoms with E-state index < -0.39 is 17.3 Å². The molecule has 0 aromatic heterocycles. The minimum atomic E-state index is -0.790. The van der Waals surface area contributed by atoms with E-state index in [9.17, 15) is 9.59 Å². The number of amides is 1. The van der Waals surface area contributed by atoms with Gasteiger partial charge in [0.15, 0.2) is 0 Å². The fraction of sp³-hybridized carbons (Fsp3) is 0.867. The molecule has 0 bridgehead atoms. The Bertz CT molecular complexity index is 375. The number of hydrogen-bond acceptors (Lipinski definition) is 3. The first kappa shape index (κ1) is 15.3. The molecular formula is C15H26N2O3. The van der Waals surface area contributed by atoms with Gasteiger partial charge in [0.25, 0.3) is 0 Å². The number of hydrogen-bond donors (Lipinski definition) is 2. The van der Waals surface area contributed by atoms with Crippen molar-refractivity contribution in [1.82, 2.24) is 4.90 Å². The fourth-order valence-corrected chi connectivity index (χ4v) is 3.52. The zero-order valence-corrected chi connectivity index (χ0v) is 12.3. The molecular weight excluding hydrogens is 256 g/mol. The predicted molar refractivity (Wildman–Crippen MR) is 76.1 cm³/mol. The molecule has 1 unspecified atom stereocenters. The summed E-state index contributed by atoms with van der Waals surface area (Å²) in [5, 5.41) is 9.14. The molecule has 5 nitrogen and oxygen atoms in total. The van der Waals surface area contributed by atoms with Gasteiger partial charge in [0.2, 0.25) is 5.91 Å². The van der Waals surface area contributed by atoms with Crippen molar-refractivity contribution < 1.29 is 14.7 Å². The molecule has 0 spiro atoms. The third-order valence-electron chi connectivity index (χ3n) is 5.13. The van der Waals surface area contributed by atoms with Crippen LogP contribution in [0.15, 0.2) is 0 Å². The van der Waals surface area contributed by atoms with Gasteiger partial charge >= 0.3 is 5.97 Å². The molecule has 0 aromatic carbocycles. The number of nitrogens with zero attached hydrogens (tertiary/aromatic N) is 1. The lowest BCUT2D eigenvalue weighted by atomic mass is 9.69. The van der Waals surface area contributed by atoms with Gasteiger partial charge in [-0.3, -0.25) is 9.59 Å². The zero-order chi connectivity index (χ0) is 14.8. The minimum Gasteiger partial charge on any atom is -0.481 e. The molecule has 1 aliphatic carbocycles. The molecule has 3 N–H and O–H groups in total. The number of carbonyl (C=O) groups is 2. The van der Waals surface area contributed by atoms with Crippen molar-refractivity contribution in [2.24, 2.45) is 23.0 Å². The first-order chi connectivity index (χ1) is 9.48. The van der Waals surface area contributed by atoms with Gasteiger partial charge in [0.05, 0.1) is 11.3 Å². The average molecular weight is 282 g/mol. The molecule has 0 aromatic rings. The molecule has 5 heteroatoms. The summed E-state index contributed by atoms with van der Waals surface area (Å²) in [4.78, 5) is 25.7. The molecule has 0 radical (unpaired) electrons. The molecule has 1 saturated carbocycles. The second-order valence-corrected chi connectivity index (χ2v) is 6.60. The molecule has 1 heterocycles. The summed E-state index contributed by atoms with van der Waals surface area (Å²) < 4.78 is 0. The standard InChI is InChI=1S/C15H26N2O3/c1-11-4-6-15(10-16,7-5-11)14(20)17-8-2-3-12(9-17)13(18)19/h11-12H,2-10,16H2,1H3,(H,18,19). The lowest BCUT2D eigenvalue weighted by Crippen LogP contribution is -2.53. The Labute approximate surface area is 120 Å². The number of carbonyl (C=O) groups excluding carboxylic acids is 1. The van der Waals surface area contributed by atoms with E-state index >= 15 is 0 Å². The van der Waals surface area contributed by atoms with Crippen molar-refractivity contribution >= 4 is 11.9 Å². The van der Waals surface area contributed by atoms with Crippen molar-refractivity contribution in [3.63, 3.8) is 0 Å². The number of carboxylic acid groups (broad SMARTS) is 1. The third kappa shape index (κ3) is 2.97. The minimum absolute atomic E-state index is 0.0952. The molecule has 1 amide bonds. The first-order valence-corrected chi connectivity index (χ1v) is 7.71. The number of piperidine rings is 1. The summed E-state index contributed by atoms with van der Waals surface area (Å²) in [7, 11) is 0. The van der Waals surface area contributed by atoms with Crippen molar-refractivity contribution in [1.29, 1.82) is 0 Å². The van der Waals surface area contributed by atoms with Crippen LogP contribution >= 0.6 is 0 Å². The number of likely N-dealkylation sites (tertiary alicyclic amines) is 1. The monoisotopic (exact) mass is 282 g/mol. The maximum Gasteiger partial charge on any atom is 0.308 e. The molecule has 2 fully saturated rings. The van der Waals surface area contributed by atoms with E-state index in [-0.39, 0.29) is 5.91 Å². The van der Waals surface area contributed by atoms with Gasteiger partial charge in [-0.15, -0.1) is 0 Å². The highest BCUT2D eigenvalue weighted by Gasteiger charge is 2.43. The molecule has 1 aliphatic heterocycles. The number of carboxylic acids is 1. The number of nitrogens with two attached hydrogens (primary N) is 1. The lowest BCUT2D eigenvalue weighted by molar-refractivity contribution is -0.150.